The average molecular weight is 447 g/mol. The number of sulfonamides is 1. The summed E-state index contributed by atoms with van der Waals surface area (Å²) in [6.07, 6.45) is 3.69. The molecule has 1 aliphatic carbocycles. The number of hydrogen-bond acceptors (Lipinski definition) is 4. The first-order valence-corrected chi connectivity index (χ1v) is 12.0. The highest BCUT2D eigenvalue weighted by atomic mass is 32.2. The van der Waals surface area contributed by atoms with Crippen molar-refractivity contribution in [1.29, 1.82) is 0 Å². The number of rotatable bonds is 6. The van der Waals surface area contributed by atoms with E-state index in [1.165, 1.54) is 23.0 Å². The molecule has 4 rings (SSSR count). The van der Waals surface area contributed by atoms with Gasteiger partial charge in [-0.1, -0.05) is 12.1 Å². The average Bonchev–Trinajstić information content (AvgIpc) is 3.25. The lowest BCUT2D eigenvalue weighted by atomic mass is 10.1. The van der Waals surface area contributed by atoms with E-state index in [-0.39, 0.29) is 31.2 Å². The van der Waals surface area contributed by atoms with E-state index in [1.54, 1.807) is 23.1 Å². The third-order valence-corrected chi connectivity index (χ3v) is 8.04. The number of aryl methyl sites for hydroxylation is 3. The molecule has 2 aromatic rings. The smallest absolute Gasteiger partial charge is 0.243 e. The lowest BCUT2D eigenvalue weighted by Crippen LogP contribution is -2.50. The van der Waals surface area contributed by atoms with Crippen LogP contribution in [0.4, 0.5) is 4.39 Å². The third kappa shape index (κ3) is 4.60. The van der Waals surface area contributed by atoms with E-state index in [2.05, 4.69) is 0 Å². The first kappa shape index (κ1) is 21.8. The summed E-state index contributed by atoms with van der Waals surface area (Å²) in [6.45, 7) is 1.28. The fraction of sp³-hybridized carbons (Fsp3) is 0.435. The predicted octanol–water partition coefficient (Wildman–Crippen LogP) is 2.79. The Morgan fingerprint density at radius 2 is 1.77 bits per heavy atom. The van der Waals surface area contributed by atoms with E-state index in [4.69, 9.17) is 4.74 Å². The highest BCUT2D eigenvalue weighted by molar-refractivity contribution is 7.89. The van der Waals surface area contributed by atoms with Crippen LogP contribution in [-0.4, -0.2) is 56.8 Å². The van der Waals surface area contributed by atoms with Gasteiger partial charge in [0.2, 0.25) is 15.9 Å². The molecule has 2 aliphatic rings. The Morgan fingerprint density at radius 3 is 2.48 bits per heavy atom. The van der Waals surface area contributed by atoms with Gasteiger partial charge in [0, 0.05) is 32.6 Å². The molecule has 0 radical (unpaired) electrons. The number of ether oxygens (including phenoxy) is 1. The summed E-state index contributed by atoms with van der Waals surface area (Å²) in [4.78, 5) is 14.6. The first-order valence-electron chi connectivity index (χ1n) is 10.6. The zero-order valence-electron chi connectivity index (χ0n) is 17.6. The summed E-state index contributed by atoms with van der Waals surface area (Å²) in [5.74, 6) is -0.320. The molecular formula is C23H27FN2O4S. The Bertz CT molecular complexity index is 1080. The maximum atomic E-state index is 13.8. The van der Waals surface area contributed by atoms with Crippen molar-refractivity contribution in [3.8, 4) is 5.75 Å². The number of halogens is 1. The molecule has 6 nitrogen and oxygen atoms in total. The van der Waals surface area contributed by atoms with Crippen LogP contribution in [0.3, 0.4) is 0 Å². The third-order valence-electron chi connectivity index (χ3n) is 6.14. The number of carbonyl (C=O) groups is 1. The van der Waals surface area contributed by atoms with Crippen molar-refractivity contribution in [2.75, 3.05) is 33.3 Å². The Balaban J connectivity index is 1.32. The van der Waals surface area contributed by atoms with Crippen molar-refractivity contribution < 1.29 is 22.3 Å². The monoisotopic (exact) mass is 446 g/mol. The molecule has 1 heterocycles. The van der Waals surface area contributed by atoms with Gasteiger partial charge in [0.25, 0.3) is 0 Å². The molecule has 0 atom stereocenters. The summed E-state index contributed by atoms with van der Waals surface area (Å²) in [5, 5.41) is 0. The van der Waals surface area contributed by atoms with Crippen molar-refractivity contribution >= 4 is 15.9 Å². The van der Waals surface area contributed by atoms with Gasteiger partial charge in [-0.25, -0.2) is 12.8 Å². The molecular weight excluding hydrogens is 419 g/mol. The molecule has 31 heavy (non-hydrogen) atoms. The number of piperazine rings is 1. The van der Waals surface area contributed by atoms with Gasteiger partial charge < -0.3 is 9.64 Å². The van der Waals surface area contributed by atoms with Crippen LogP contribution in [0.2, 0.25) is 0 Å². The van der Waals surface area contributed by atoms with E-state index in [1.807, 2.05) is 12.1 Å². The van der Waals surface area contributed by atoms with Crippen LogP contribution >= 0.6 is 0 Å². The van der Waals surface area contributed by atoms with Crippen LogP contribution in [0.15, 0.2) is 41.3 Å². The van der Waals surface area contributed by atoms with E-state index in [9.17, 15) is 17.6 Å². The Morgan fingerprint density at radius 1 is 1.03 bits per heavy atom. The Kier molecular flexibility index (Phi) is 6.29. The fourth-order valence-corrected chi connectivity index (χ4v) is 5.78. The van der Waals surface area contributed by atoms with E-state index >= 15 is 0 Å². The zero-order chi connectivity index (χ0) is 22.0. The molecule has 1 amide bonds. The van der Waals surface area contributed by atoms with Gasteiger partial charge in [-0.3, -0.25) is 4.79 Å². The van der Waals surface area contributed by atoms with Gasteiger partial charge in [-0.15, -0.1) is 0 Å². The highest BCUT2D eigenvalue weighted by Gasteiger charge is 2.30. The minimum Gasteiger partial charge on any atom is -0.494 e. The summed E-state index contributed by atoms with van der Waals surface area (Å²) in [5.41, 5.74) is 3.10. The van der Waals surface area contributed by atoms with E-state index < -0.39 is 15.8 Å². The van der Waals surface area contributed by atoms with Gasteiger partial charge in [0.15, 0.2) is 11.6 Å². The second kappa shape index (κ2) is 8.96. The molecule has 1 aliphatic heterocycles. The molecule has 0 aromatic heterocycles. The van der Waals surface area contributed by atoms with Crippen LogP contribution in [0, 0.1) is 5.82 Å². The number of amides is 1. The topological polar surface area (TPSA) is 66.9 Å². The molecule has 0 saturated carbocycles. The summed E-state index contributed by atoms with van der Waals surface area (Å²) >= 11 is 0. The largest absolute Gasteiger partial charge is 0.494 e. The number of methoxy groups -OCH3 is 1. The van der Waals surface area contributed by atoms with Crippen LogP contribution in [0.1, 0.15) is 29.5 Å². The highest BCUT2D eigenvalue weighted by Crippen LogP contribution is 2.27. The minimum atomic E-state index is -3.56. The van der Waals surface area contributed by atoms with E-state index in [0.717, 1.165) is 30.4 Å². The van der Waals surface area contributed by atoms with Crippen molar-refractivity contribution in [2.45, 2.75) is 37.0 Å². The maximum absolute atomic E-state index is 13.8. The second-order valence-corrected chi connectivity index (χ2v) is 9.98. The van der Waals surface area contributed by atoms with Crippen LogP contribution in [-0.2, 0) is 34.1 Å². The number of nitrogens with zero attached hydrogens (tertiary/aromatic N) is 2. The summed E-state index contributed by atoms with van der Waals surface area (Å²) in [7, 11) is -2.15. The second-order valence-electron chi connectivity index (χ2n) is 8.04. The summed E-state index contributed by atoms with van der Waals surface area (Å²) in [6, 6.07) is 10.1. The van der Waals surface area contributed by atoms with Crippen LogP contribution in [0.25, 0.3) is 0 Å². The minimum absolute atomic E-state index is 0.0502. The van der Waals surface area contributed by atoms with Gasteiger partial charge in [0.05, 0.1) is 12.0 Å². The molecule has 1 fully saturated rings. The number of carbonyl (C=O) groups excluding carboxylic acids is 1. The van der Waals surface area contributed by atoms with Crippen molar-refractivity contribution in [3.05, 3.63) is 58.9 Å². The fourth-order valence-electron chi connectivity index (χ4n) is 4.31. The molecule has 166 valence electrons. The van der Waals surface area contributed by atoms with Gasteiger partial charge in [-0.2, -0.15) is 4.31 Å². The quantitative estimate of drug-likeness (QED) is 0.685. The van der Waals surface area contributed by atoms with Gasteiger partial charge in [-0.05, 0) is 66.6 Å². The number of fused-ring (bicyclic) bond motifs is 1. The number of benzene rings is 2. The molecule has 0 spiro atoms. The molecule has 8 heteroatoms. The summed E-state index contributed by atoms with van der Waals surface area (Å²) < 4.78 is 46.3. The standard InChI is InChI=1S/C23H27FN2O4S/c1-30-22-9-5-17(15-21(22)24)6-10-23(27)25-11-13-26(14-12-25)31(28,29)20-8-7-18-3-2-4-19(18)16-20/h5,7-9,15-16H,2-4,6,10-14H2,1H3. The maximum Gasteiger partial charge on any atom is 0.243 e. The van der Waals surface area contributed by atoms with Crippen molar-refractivity contribution in [2.24, 2.45) is 0 Å². The van der Waals surface area contributed by atoms with Gasteiger partial charge in [0.1, 0.15) is 0 Å². The first-order chi connectivity index (χ1) is 14.9. The Labute approximate surface area is 182 Å². The normalized spacial score (nSPS) is 16.9. The van der Waals surface area contributed by atoms with Crippen LogP contribution < -0.4 is 4.74 Å². The molecule has 0 N–H and O–H groups in total. The molecule has 2 aromatic carbocycles. The predicted molar refractivity (Wildman–Crippen MR) is 115 cm³/mol. The van der Waals surface area contributed by atoms with Gasteiger partial charge >= 0.3 is 0 Å². The Hall–Kier alpha value is -2.45. The molecule has 1 saturated heterocycles. The zero-order valence-corrected chi connectivity index (χ0v) is 18.5. The number of hydrogen-bond donors (Lipinski definition) is 0. The lowest BCUT2D eigenvalue weighted by Gasteiger charge is -2.34. The lowest BCUT2D eigenvalue weighted by molar-refractivity contribution is -0.132. The van der Waals surface area contributed by atoms with Crippen molar-refractivity contribution in [3.63, 3.8) is 0 Å². The van der Waals surface area contributed by atoms with E-state index in [0.29, 0.717) is 24.4 Å². The van der Waals surface area contributed by atoms with Crippen molar-refractivity contribution in [1.82, 2.24) is 9.21 Å². The SMILES string of the molecule is COc1ccc(CCC(=O)N2CCN(S(=O)(=O)c3ccc4c(c3)CCC4)CC2)cc1F. The molecule has 0 bridgehead atoms. The molecule has 0 unspecified atom stereocenters. The van der Waals surface area contributed by atoms with Crippen LogP contribution in [0.5, 0.6) is 5.75 Å².